The third-order valence-electron chi connectivity index (χ3n) is 2.56. The molecule has 108 valence electrons. The summed E-state index contributed by atoms with van der Waals surface area (Å²) < 4.78 is 13.3. The SMILES string of the molecule is O=C(Nc1ccc(Cl)c(O)c1)c1cc(F)cc([N+](=O)[O-])c1. The third-order valence-corrected chi connectivity index (χ3v) is 2.88. The van der Waals surface area contributed by atoms with Gasteiger partial charge in [0.1, 0.15) is 11.6 Å². The van der Waals surface area contributed by atoms with E-state index in [-0.39, 0.29) is 22.0 Å². The molecule has 0 spiro atoms. The van der Waals surface area contributed by atoms with Gasteiger partial charge in [-0.05, 0) is 18.2 Å². The van der Waals surface area contributed by atoms with Crippen molar-refractivity contribution in [2.24, 2.45) is 0 Å². The summed E-state index contributed by atoms with van der Waals surface area (Å²) in [6.07, 6.45) is 0. The predicted molar refractivity (Wildman–Crippen MR) is 74.1 cm³/mol. The number of anilines is 1. The molecule has 6 nitrogen and oxygen atoms in total. The Morgan fingerprint density at radius 1 is 1.29 bits per heavy atom. The average Bonchev–Trinajstić information content (AvgIpc) is 2.42. The second-order valence-electron chi connectivity index (χ2n) is 4.08. The van der Waals surface area contributed by atoms with Crippen LogP contribution in [0.4, 0.5) is 15.8 Å². The number of amides is 1. The Morgan fingerprint density at radius 2 is 2.00 bits per heavy atom. The van der Waals surface area contributed by atoms with Gasteiger partial charge >= 0.3 is 0 Å². The molecule has 0 aliphatic heterocycles. The minimum Gasteiger partial charge on any atom is -0.506 e. The maximum atomic E-state index is 13.3. The second-order valence-corrected chi connectivity index (χ2v) is 4.48. The van der Waals surface area contributed by atoms with Crippen LogP contribution in [0.5, 0.6) is 5.75 Å². The maximum Gasteiger partial charge on any atom is 0.273 e. The summed E-state index contributed by atoms with van der Waals surface area (Å²) in [6.45, 7) is 0. The molecule has 0 radical (unpaired) electrons. The van der Waals surface area contributed by atoms with Crippen molar-refractivity contribution in [2.45, 2.75) is 0 Å². The molecule has 0 heterocycles. The summed E-state index contributed by atoms with van der Waals surface area (Å²) in [7, 11) is 0. The maximum absolute atomic E-state index is 13.3. The van der Waals surface area contributed by atoms with Gasteiger partial charge in [0.2, 0.25) is 0 Å². The lowest BCUT2D eigenvalue weighted by atomic mass is 10.1. The Bertz CT molecular complexity index is 736. The summed E-state index contributed by atoms with van der Waals surface area (Å²) in [5.41, 5.74) is -0.524. The fourth-order valence-electron chi connectivity index (χ4n) is 1.60. The van der Waals surface area contributed by atoms with Gasteiger partial charge in [-0.25, -0.2) is 4.39 Å². The van der Waals surface area contributed by atoms with Gasteiger partial charge in [-0.3, -0.25) is 14.9 Å². The molecule has 2 N–H and O–H groups in total. The monoisotopic (exact) mass is 310 g/mol. The van der Waals surface area contributed by atoms with E-state index in [1.54, 1.807) is 0 Å². The highest BCUT2D eigenvalue weighted by atomic mass is 35.5. The van der Waals surface area contributed by atoms with Crippen molar-refractivity contribution in [1.82, 2.24) is 0 Å². The summed E-state index contributed by atoms with van der Waals surface area (Å²) in [5, 5.41) is 22.5. The molecule has 2 aromatic rings. The Hall–Kier alpha value is -2.67. The molecular weight excluding hydrogens is 303 g/mol. The number of hydrogen-bond acceptors (Lipinski definition) is 4. The van der Waals surface area contributed by atoms with Gasteiger partial charge in [0.25, 0.3) is 11.6 Å². The predicted octanol–water partition coefficient (Wildman–Crippen LogP) is 3.35. The lowest BCUT2D eigenvalue weighted by molar-refractivity contribution is -0.385. The first-order valence-electron chi connectivity index (χ1n) is 5.61. The molecule has 2 rings (SSSR count). The number of nitrogens with one attached hydrogen (secondary N) is 1. The van der Waals surface area contributed by atoms with Crippen LogP contribution in [0.2, 0.25) is 5.02 Å². The summed E-state index contributed by atoms with van der Waals surface area (Å²) in [4.78, 5) is 21.8. The van der Waals surface area contributed by atoms with E-state index in [0.29, 0.717) is 6.07 Å². The van der Waals surface area contributed by atoms with E-state index < -0.39 is 22.3 Å². The number of carbonyl (C=O) groups is 1. The summed E-state index contributed by atoms with van der Waals surface area (Å²) in [6, 6.07) is 6.53. The minimum absolute atomic E-state index is 0.106. The van der Waals surface area contributed by atoms with Gasteiger partial charge in [0, 0.05) is 23.4 Å². The van der Waals surface area contributed by atoms with E-state index >= 15 is 0 Å². The Balaban J connectivity index is 2.27. The van der Waals surface area contributed by atoms with Crippen molar-refractivity contribution < 1.29 is 19.2 Å². The highest BCUT2D eigenvalue weighted by Crippen LogP contribution is 2.26. The van der Waals surface area contributed by atoms with Crippen molar-refractivity contribution in [3.8, 4) is 5.75 Å². The zero-order valence-corrected chi connectivity index (χ0v) is 11.1. The van der Waals surface area contributed by atoms with E-state index in [9.17, 15) is 24.4 Å². The number of nitrogens with zero attached hydrogens (tertiary/aromatic N) is 1. The fourth-order valence-corrected chi connectivity index (χ4v) is 1.72. The number of carbonyl (C=O) groups excluding carboxylic acids is 1. The molecule has 0 atom stereocenters. The molecule has 2 aromatic carbocycles. The smallest absolute Gasteiger partial charge is 0.273 e. The molecule has 0 unspecified atom stereocenters. The van der Waals surface area contributed by atoms with Crippen LogP contribution < -0.4 is 5.32 Å². The average molecular weight is 311 g/mol. The number of benzene rings is 2. The van der Waals surface area contributed by atoms with Gasteiger partial charge in [-0.2, -0.15) is 0 Å². The number of non-ortho nitro benzene ring substituents is 1. The van der Waals surface area contributed by atoms with E-state index in [4.69, 9.17) is 11.6 Å². The highest BCUT2D eigenvalue weighted by Gasteiger charge is 2.15. The van der Waals surface area contributed by atoms with Crippen molar-refractivity contribution in [2.75, 3.05) is 5.32 Å². The van der Waals surface area contributed by atoms with Gasteiger partial charge in [-0.1, -0.05) is 11.6 Å². The molecule has 1 amide bonds. The first-order chi connectivity index (χ1) is 9.86. The molecule has 21 heavy (non-hydrogen) atoms. The van der Waals surface area contributed by atoms with Crippen molar-refractivity contribution in [1.29, 1.82) is 0 Å². The highest BCUT2D eigenvalue weighted by molar-refractivity contribution is 6.32. The second kappa shape index (κ2) is 5.76. The van der Waals surface area contributed by atoms with Crippen LogP contribution in [-0.2, 0) is 0 Å². The number of hydrogen-bond donors (Lipinski definition) is 2. The van der Waals surface area contributed by atoms with Crippen molar-refractivity contribution >= 4 is 28.9 Å². The van der Waals surface area contributed by atoms with E-state index in [0.717, 1.165) is 12.1 Å². The van der Waals surface area contributed by atoms with Crippen molar-refractivity contribution in [3.05, 3.63) is 62.9 Å². The topological polar surface area (TPSA) is 92.5 Å². The van der Waals surface area contributed by atoms with Crippen LogP contribution >= 0.6 is 11.6 Å². The molecule has 0 aromatic heterocycles. The molecule has 0 saturated heterocycles. The number of aromatic hydroxyl groups is 1. The first-order valence-corrected chi connectivity index (χ1v) is 5.99. The quantitative estimate of drug-likeness (QED) is 0.671. The zero-order valence-electron chi connectivity index (χ0n) is 10.3. The minimum atomic E-state index is -0.895. The Morgan fingerprint density at radius 3 is 2.62 bits per heavy atom. The standard InChI is InChI=1S/C13H8ClFN2O4/c14-11-2-1-9(6-12(11)18)16-13(19)7-3-8(15)5-10(4-7)17(20)21/h1-6,18H,(H,16,19). The van der Waals surface area contributed by atoms with E-state index in [1.165, 1.54) is 18.2 Å². The number of nitro benzene ring substituents is 1. The Kier molecular flexibility index (Phi) is 4.04. The number of nitro groups is 1. The van der Waals surface area contributed by atoms with Crippen LogP contribution in [0.15, 0.2) is 36.4 Å². The number of halogens is 2. The van der Waals surface area contributed by atoms with Gasteiger partial charge in [-0.15, -0.1) is 0 Å². The van der Waals surface area contributed by atoms with Crippen LogP contribution in [-0.4, -0.2) is 15.9 Å². The molecule has 0 aliphatic rings. The van der Waals surface area contributed by atoms with Crippen molar-refractivity contribution in [3.63, 3.8) is 0 Å². The lowest BCUT2D eigenvalue weighted by Gasteiger charge is -2.06. The molecular formula is C13H8ClFN2O4. The zero-order chi connectivity index (χ0) is 15.6. The molecule has 0 fully saturated rings. The number of phenolic OH excluding ortho intramolecular Hbond substituents is 1. The fraction of sp³-hybridized carbons (Fsp3) is 0. The van der Waals surface area contributed by atoms with Crippen LogP contribution in [0.1, 0.15) is 10.4 Å². The summed E-state index contributed by atoms with van der Waals surface area (Å²) in [5.74, 6) is -1.88. The van der Waals surface area contributed by atoms with E-state index in [2.05, 4.69) is 5.32 Å². The van der Waals surface area contributed by atoms with Gasteiger partial charge < -0.3 is 10.4 Å². The van der Waals surface area contributed by atoms with Crippen LogP contribution in [0, 0.1) is 15.9 Å². The largest absolute Gasteiger partial charge is 0.506 e. The summed E-state index contributed by atoms with van der Waals surface area (Å²) >= 11 is 5.62. The molecule has 0 aliphatic carbocycles. The first kappa shape index (κ1) is 14.7. The third kappa shape index (κ3) is 3.46. The lowest BCUT2D eigenvalue weighted by Crippen LogP contribution is -2.12. The number of phenols is 1. The van der Waals surface area contributed by atoms with Gasteiger partial charge in [0.05, 0.1) is 16.0 Å². The van der Waals surface area contributed by atoms with E-state index in [1.807, 2.05) is 0 Å². The molecule has 8 heteroatoms. The van der Waals surface area contributed by atoms with Gasteiger partial charge in [0.15, 0.2) is 0 Å². The molecule has 0 saturated carbocycles. The normalized spacial score (nSPS) is 10.2. The van der Waals surface area contributed by atoms with Crippen LogP contribution in [0.25, 0.3) is 0 Å². The number of rotatable bonds is 3. The Labute approximate surface area is 122 Å². The van der Waals surface area contributed by atoms with Crippen LogP contribution in [0.3, 0.4) is 0 Å². The molecule has 0 bridgehead atoms.